The van der Waals surface area contributed by atoms with Crippen molar-refractivity contribution in [2.45, 2.75) is 19.8 Å². The molecule has 1 aliphatic carbocycles. The lowest BCUT2D eigenvalue weighted by atomic mass is 10.0. The zero-order valence-electron chi connectivity index (χ0n) is 9.36. The summed E-state index contributed by atoms with van der Waals surface area (Å²) in [4.78, 5) is 10.9. The van der Waals surface area contributed by atoms with Gasteiger partial charge in [-0.3, -0.25) is 0 Å². The van der Waals surface area contributed by atoms with Crippen LogP contribution >= 0.6 is 0 Å². The Bertz CT molecular complexity index is 382. The zero-order valence-corrected chi connectivity index (χ0v) is 9.36. The summed E-state index contributed by atoms with van der Waals surface area (Å²) >= 11 is 0. The Morgan fingerprint density at radius 3 is 2.53 bits per heavy atom. The molecule has 2 rings (SSSR count). The zero-order chi connectivity index (χ0) is 11.1. The van der Waals surface area contributed by atoms with Crippen LogP contribution in [0, 0.1) is 11.3 Å². The summed E-state index contributed by atoms with van der Waals surface area (Å²) in [7, 11) is 1.67. The highest BCUT2D eigenvalue weighted by molar-refractivity contribution is 5.66. The first-order chi connectivity index (χ1) is 7.12. The van der Waals surface area contributed by atoms with Crippen molar-refractivity contribution in [2.75, 3.05) is 7.11 Å². The maximum atomic E-state index is 10.9. The van der Waals surface area contributed by atoms with Gasteiger partial charge in [0.25, 0.3) is 0 Å². The highest BCUT2D eigenvalue weighted by Gasteiger charge is 2.59. The molecule has 15 heavy (non-hydrogen) atoms. The Morgan fingerprint density at radius 1 is 1.33 bits per heavy atom. The second-order valence-corrected chi connectivity index (χ2v) is 4.70. The smallest absolute Gasteiger partial charge is 0.124 e. The van der Waals surface area contributed by atoms with Crippen LogP contribution in [-0.4, -0.2) is 13.4 Å². The topological polar surface area (TPSA) is 26.3 Å². The minimum atomic E-state index is 0.0797. The molecule has 2 unspecified atom stereocenters. The number of aldehydes is 1. The van der Waals surface area contributed by atoms with E-state index in [1.807, 2.05) is 18.2 Å². The average Bonchev–Trinajstić information content (AvgIpc) is 2.80. The number of hydrogen-bond donors (Lipinski definition) is 0. The van der Waals surface area contributed by atoms with Gasteiger partial charge in [-0.15, -0.1) is 0 Å². The van der Waals surface area contributed by atoms with E-state index in [-0.39, 0.29) is 11.3 Å². The van der Waals surface area contributed by atoms with Crippen molar-refractivity contribution < 1.29 is 9.53 Å². The van der Waals surface area contributed by atoms with E-state index >= 15 is 0 Å². The Balaban J connectivity index is 2.36. The highest BCUT2D eigenvalue weighted by atomic mass is 16.5. The van der Waals surface area contributed by atoms with Gasteiger partial charge in [-0.1, -0.05) is 32.0 Å². The number of benzene rings is 1. The minimum absolute atomic E-state index is 0.0797. The second-order valence-electron chi connectivity index (χ2n) is 4.70. The van der Waals surface area contributed by atoms with Crippen LogP contribution in [0.15, 0.2) is 24.3 Å². The number of ether oxygens (including phenoxy) is 1. The maximum Gasteiger partial charge on any atom is 0.124 e. The van der Waals surface area contributed by atoms with Gasteiger partial charge in [-0.25, -0.2) is 0 Å². The average molecular weight is 204 g/mol. The van der Waals surface area contributed by atoms with Crippen LogP contribution < -0.4 is 4.74 Å². The van der Waals surface area contributed by atoms with Gasteiger partial charge in [0, 0.05) is 11.8 Å². The molecule has 0 spiro atoms. The summed E-state index contributed by atoms with van der Waals surface area (Å²) in [6, 6.07) is 7.95. The Kier molecular flexibility index (Phi) is 2.29. The predicted molar refractivity (Wildman–Crippen MR) is 59.1 cm³/mol. The third kappa shape index (κ3) is 1.44. The second kappa shape index (κ2) is 3.37. The van der Waals surface area contributed by atoms with E-state index in [0.717, 1.165) is 17.6 Å². The van der Waals surface area contributed by atoms with E-state index in [1.165, 1.54) is 0 Å². The molecule has 2 atom stereocenters. The van der Waals surface area contributed by atoms with Crippen LogP contribution in [0.1, 0.15) is 25.3 Å². The Hall–Kier alpha value is -1.31. The van der Waals surface area contributed by atoms with Gasteiger partial charge >= 0.3 is 0 Å². The third-order valence-electron chi connectivity index (χ3n) is 3.53. The first-order valence-electron chi connectivity index (χ1n) is 5.21. The molecule has 2 heteroatoms. The van der Waals surface area contributed by atoms with E-state index in [1.54, 1.807) is 7.11 Å². The molecule has 1 fully saturated rings. The van der Waals surface area contributed by atoms with Crippen LogP contribution in [0.3, 0.4) is 0 Å². The normalized spacial score (nSPS) is 27.1. The van der Waals surface area contributed by atoms with Gasteiger partial charge < -0.3 is 9.53 Å². The van der Waals surface area contributed by atoms with E-state index in [2.05, 4.69) is 19.9 Å². The third-order valence-corrected chi connectivity index (χ3v) is 3.53. The number of para-hydroxylation sites is 1. The molecule has 0 bridgehead atoms. The van der Waals surface area contributed by atoms with Crippen LogP contribution in [0.25, 0.3) is 0 Å². The molecule has 1 aromatic rings. The molecule has 0 heterocycles. The van der Waals surface area contributed by atoms with Gasteiger partial charge in [0.1, 0.15) is 12.0 Å². The molecule has 0 amide bonds. The standard InChI is InChI=1S/C13H16O2/c1-13(2)10(8-14)12(13)9-6-4-5-7-11(9)15-3/h4-8,10,12H,1-3H3. The van der Waals surface area contributed by atoms with Gasteiger partial charge in [0.15, 0.2) is 0 Å². The van der Waals surface area contributed by atoms with Crippen molar-refractivity contribution in [1.29, 1.82) is 0 Å². The fourth-order valence-electron chi connectivity index (χ4n) is 2.45. The van der Waals surface area contributed by atoms with Crippen molar-refractivity contribution >= 4 is 6.29 Å². The molecule has 1 aliphatic rings. The highest BCUT2D eigenvalue weighted by Crippen LogP contribution is 2.64. The molecule has 0 radical (unpaired) electrons. The van der Waals surface area contributed by atoms with Gasteiger partial charge in [0.05, 0.1) is 7.11 Å². The summed E-state index contributed by atoms with van der Waals surface area (Å²) < 4.78 is 5.32. The number of rotatable bonds is 3. The van der Waals surface area contributed by atoms with Gasteiger partial charge in [0.2, 0.25) is 0 Å². The number of carbonyl (C=O) groups is 1. The summed E-state index contributed by atoms with van der Waals surface area (Å²) in [6.45, 7) is 4.26. The lowest BCUT2D eigenvalue weighted by Gasteiger charge is -2.08. The summed E-state index contributed by atoms with van der Waals surface area (Å²) in [5.74, 6) is 1.33. The van der Waals surface area contributed by atoms with Crippen molar-refractivity contribution in [3.8, 4) is 5.75 Å². The summed E-state index contributed by atoms with van der Waals surface area (Å²) in [5.41, 5.74) is 1.23. The first kappa shape index (κ1) is 10.2. The van der Waals surface area contributed by atoms with E-state index in [4.69, 9.17) is 4.74 Å². The van der Waals surface area contributed by atoms with Crippen molar-refractivity contribution in [3.63, 3.8) is 0 Å². The Labute approximate surface area is 90.3 Å². The molecule has 0 N–H and O–H groups in total. The molecule has 0 aromatic heterocycles. The van der Waals surface area contributed by atoms with E-state index in [9.17, 15) is 4.79 Å². The van der Waals surface area contributed by atoms with Crippen LogP contribution in [0.5, 0.6) is 5.75 Å². The SMILES string of the molecule is COc1ccccc1C1C(C=O)C1(C)C. The number of carbonyl (C=O) groups excluding carboxylic acids is 1. The summed E-state index contributed by atoms with van der Waals surface area (Å²) in [5, 5.41) is 0. The fourth-order valence-corrected chi connectivity index (χ4v) is 2.45. The summed E-state index contributed by atoms with van der Waals surface area (Å²) in [6.07, 6.45) is 1.07. The lowest BCUT2D eigenvalue weighted by Crippen LogP contribution is -1.93. The van der Waals surface area contributed by atoms with Crippen molar-refractivity contribution in [2.24, 2.45) is 11.3 Å². The molecule has 0 saturated heterocycles. The van der Waals surface area contributed by atoms with Crippen molar-refractivity contribution in [3.05, 3.63) is 29.8 Å². The lowest BCUT2D eigenvalue weighted by molar-refractivity contribution is -0.109. The predicted octanol–water partition coefficient (Wildman–Crippen LogP) is 2.63. The molecule has 2 nitrogen and oxygen atoms in total. The minimum Gasteiger partial charge on any atom is -0.496 e. The van der Waals surface area contributed by atoms with Crippen LogP contribution in [0.4, 0.5) is 0 Å². The fraction of sp³-hybridized carbons (Fsp3) is 0.462. The maximum absolute atomic E-state index is 10.9. The van der Waals surface area contributed by atoms with E-state index in [0.29, 0.717) is 5.92 Å². The van der Waals surface area contributed by atoms with Crippen LogP contribution in [0.2, 0.25) is 0 Å². The monoisotopic (exact) mass is 204 g/mol. The molecular formula is C13H16O2. The molecule has 0 aliphatic heterocycles. The van der Waals surface area contributed by atoms with Gasteiger partial charge in [-0.2, -0.15) is 0 Å². The van der Waals surface area contributed by atoms with E-state index < -0.39 is 0 Å². The number of methoxy groups -OCH3 is 1. The number of hydrogen-bond acceptors (Lipinski definition) is 2. The quantitative estimate of drug-likeness (QED) is 0.707. The molecular weight excluding hydrogens is 188 g/mol. The van der Waals surface area contributed by atoms with Crippen molar-refractivity contribution in [1.82, 2.24) is 0 Å². The largest absolute Gasteiger partial charge is 0.496 e. The molecule has 80 valence electrons. The first-order valence-corrected chi connectivity index (χ1v) is 5.21. The van der Waals surface area contributed by atoms with Crippen LogP contribution in [-0.2, 0) is 4.79 Å². The Morgan fingerprint density at radius 2 is 2.00 bits per heavy atom. The molecule has 1 aromatic carbocycles. The molecule has 1 saturated carbocycles. The van der Waals surface area contributed by atoms with Gasteiger partial charge in [-0.05, 0) is 17.0 Å².